The molecule has 5 aromatic carbocycles. The average molecular weight is 519 g/mol. The Morgan fingerprint density at radius 3 is 1.30 bits per heavy atom. The highest BCUT2D eigenvalue weighted by Gasteiger charge is 2.50. The third-order valence-corrected chi connectivity index (χ3v) is 13.2. The molecule has 0 heterocycles. The highest BCUT2D eigenvalue weighted by Crippen LogP contribution is 2.54. The number of rotatable bonds is 7. The Morgan fingerprint density at radius 2 is 0.865 bits per heavy atom. The standard InChI is InChI=1S/C34H34NP2/c1-34(2,3)35-37(30-22-12-6-13-23-30,31-24-14-7-15-25-31)33-27-17-16-26-32(33)36(28-18-8-4-9-19-28)29-20-10-5-11-21-29/h4-27,35H,1-3H3/q+1. The van der Waals surface area contributed by atoms with Crippen molar-refractivity contribution in [3.8, 4) is 0 Å². The Morgan fingerprint density at radius 1 is 0.486 bits per heavy atom. The van der Waals surface area contributed by atoms with Crippen LogP contribution in [-0.4, -0.2) is 5.54 Å². The second-order valence-corrected chi connectivity index (χ2v) is 15.5. The lowest BCUT2D eigenvalue weighted by atomic mass is 10.1. The van der Waals surface area contributed by atoms with Crippen molar-refractivity contribution < 1.29 is 0 Å². The van der Waals surface area contributed by atoms with E-state index in [9.17, 15) is 0 Å². The summed E-state index contributed by atoms with van der Waals surface area (Å²) >= 11 is 0. The van der Waals surface area contributed by atoms with Crippen molar-refractivity contribution in [3.63, 3.8) is 0 Å². The van der Waals surface area contributed by atoms with Crippen LogP contribution in [0.3, 0.4) is 0 Å². The van der Waals surface area contributed by atoms with E-state index in [-0.39, 0.29) is 5.54 Å². The lowest BCUT2D eigenvalue weighted by molar-refractivity contribution is 0.529. The molecule has 1 N–H and O–H groups in total. The van der Waals surface area contributed by atoms with E-state index >= 15 is 0 Å². The van der Waals surface area contributed by atoms with Crippen molar-refractivity contribution >= 4 is 47.2 Å². The number of nitrogens with one attached hydrogen (secondary N) is 1. The van der Waals surface area contributed by atoms with E-state index in [1.807, 2.05) is 0 Å². The van der Waals surface area contributed by atoms with Crippen LogP contribution in [0.1, 0.15) is 20.8 Å². The Bertz CT molecular complexity index is 1330. The van der Waals surface area contributed by atoms with Gasteiger partial charge in [-0.1, -0.05) is 109 Å². The predicted molar refractivity (Wildman–Crippen MR) is 167 cm³/mol. The fourth-order valence-corrected chi connectivity index (χ4v) is 12.2. The molecule has 0 spiro atoms. The van der Waals surface area contributed by atoms with Crippen LogP contribution >= 0.6 is 15.3 Å². The van der Waals surface area contributed by atoms with Gasteiger partial charge >= 0.3 is 0 Å². The largest absolute Gasteiger partial charge is 0.179 e. The Labute approximate surface area is 223 Å². The van der Waals surface area contributed by atoms with Gasteiger partial charge in [0.25, 0.3) is 0 Å². The molecule has 5 aromatic rings. The van der Waals surface area contributed by atoms with E-state index in [2.05, 4.69) is 171 Å². The topological polar surface area (TPSA) is 12.0 Å². The molecule has 0 radical (unpaired) electrons. The van der Waals surface area contributed by atoms with Crippen molar-refractivity contribution in [1.82, 2.24) is 5.09 Å². The monoisotopic (exact) mass is 518 g/mol. The average Bonchev–Trinajstić information content (AvgIpc) is 2.94. The van der Waals surface area contributed by atoms with Gasteiger partial charge in [-0.3, -0.25) is 0 Å². The van der Waals surface area contributed by atoms with Gasteiger partial charge < -0.3 is 0 Å². The van der Waals surface area contributed by atoms with Crippen LogP contribution in [0.25, 0.3) is 0 Å². The quantitative estimate of drug-likeness (QED) is 0.259. The first-order valence-electron chi connectivity index (χ1n) is 12.8. The first kappa shape index (κ1) is 25.6. The predicted octanol–water partition coefficient (Wildman–Crippen LogP) is 6.04. The van der Waals surface area contributed by atoms with Crippen molar-refractivity contribution in [1.29, 1.82) is 0 Å². The minimum Gasteiger partial charge on any atom is -0.173 e. The third-order valence-electron chi connectivity index (χ3n) is 6.30. The molecule has 0 aliphatic heterocycles. The van der Waals surface area contributed by atoms with Crippen LogP contribution in [-0.2, 0) is 0 Å². The van der Waals surface area contributed by atoms with Crippen LogP contribution in [0, 0.1) is 0 Å². The van der Waals surface area contributed by atoms with E-state index < -0.39 is 15.3 Å². The molecular weight excluding hydrogens is 484 g/mol. The van der Waals surface area contributed by atoms with Crippen molar-refractivity contribution in [2.75, 3.05) is 0 Å². The van der Waals surface area contributed by atoms with E-state index in [0.717, 1.165) is 0 Å². The lowest BCUT2D eigenvalue weighted by Crippen LogP contribution is -2.51. The molecule has 0 fully saturated rings. The van der Waals surface area contributed by atoms with Crippen LogP contribution in [0.5, 0.6) is 0 Å². The summed E-state index contributed by atoms with van der Waals surface area (Å²) < 4.78 is 0. The van der Waals surface area contributed by atoms with Crippen molar-refractivity contribution in [2.24, 2.45) is 0 Å². The molecule has 0 aliphatic rings. The lowest BCUT2D eigenvalue weighted by Gasteiger charge is -2.36. The molecule has 184 valence electrons. The maximum Gasteiger partial charge on any atom is 0.179 e. The summed E-state index contributed by atoms with van der Waals surface area (Å²) in [5.74, 6) is 0. The number of benzene rings is 5. The second-order valence-electron chi connectivity index (χ2n) is 10.2. The van der Waals surface area contributed by atoms with Crippen molar-refractivity contribution in [3.05, 3.63) is 146 Å². The smallest absolute Gasteiger partial charge is 0.173 e. The van der Waals surface area contributed by atoms with Gasteiger partial charge in [0.05, 0.1) is 0 Å². The molecule has 0 atom stereocenters. The Balaban J connectivity index is 1.87. The zero-order valence-electron chi connectivity index (χ0n) is 21.8. The Kier molecular flexibility index (Phi) is 7.68. The first-order valence-corrected chi connectivity index (χ1v) is 15.9. The number of hydrogen-bond donors (Lipinski definition) is 1. The van der Waals surface area contributed by atoms with Gasteiger partial charge in [0.15, 0.2) is 7.41 Å². The highest BCUT2D eigenvalue weighted by molar-refractivity contribution is 7.96. The molecule has 0 saturated carbocycles. The summed E-state index contributed by atoms with van der Waals surface area (Å²) in [7, 11) is -3.01. The van der Waals surface area contributed by atoms with Crippen LogP contribution in [0.4, 0.5) is 0 Å². The molecular formula is C34H34NP2+. The maximum absolute atomic E-state index is 4.24. The van der Waals surface area contributed by atoms with Crippen molar-refractivity contribution in [2.45, 2.75) is 26.3 Å². The van der Waals surface area contributed by atoms with Crippen LogP contribution in [0.15, 0.2) is 146 Å². The summed E-state index contributed by atoms with van der Waals surface area (Å²) in [6.07, 6.45) is 0. The van der Waals surface area contributed by atoms with Gasteiger partial charge in [-0.2, -0.15) is 5.09 Å². The maximum atomic E-state index is 4.24. The summed E-state index contributed by atoms with van der Waals surface area (Å²) in [6, 6.07) is 53.4. The second kappa shape index (κ2) is 11.1. The molecule has 0 amide bonds. The normalized spacial score (nSPS) is 12.0. The Hall–Kier alpha value is -3.08. The van der Waals surface area contributed by atoms with Gasteiger partial charge in [-0.25, -0.2) is 0 Å². The fraction of sp³-hybridized carbons (Fsp3) is 0.118. The van der Waals surface area contributed by atoms with E-state index in [1.54, 1.807) is 0 Å². The minimum atomic E-state index is -2.24. The summed E-state index contributed by atoms with van der Waals surface area (Å²) in [6.45, 7) is 6.86. The van der Waals surface area contributed by atoms with E-state index in [0.29, 0.717) is 0 Å². The number of hydrogen-bond acceptors (Lipinski definition) is 1. The van der Waals surface area contributed by atoms with Gasteiger partial charge in [0, 0.05) is 10.8 Å². The molecule has 3 heteroatoms. The molecule has 1 nitrogen and oxygen atoms in total. The summed E-state index contributed by atoms with van der Waals surface area (Å²) in [5.41, 5.74) is -0.102. The molecule has 5 rings (SSSR count). The zero-order chi connectivity index (χ0) is 25.7. The first-order chi connectivity index (χ1) is 18.0. The minimum absolute atomic E-state index is 0.102. The summed E-state index contributed by atoms with van der Waals surface area (Å²) in [5, 5.41) is 12.5. The summed E-state index contributed by atoms with van der Waals surface area (Å²) in [4.78, 5) is 0. The fourth-order valence-electron chi connectivity index (χ4n) is 4.94. The third kappa shape index (κ3) is 5.46. The molecule has 0 aromatic heterocycles. The molecule has 0 bridgehead atoms. The van der Waals surface area contributed by atoms with Gasteiger partial charge in [0.1, 0.15) is 15.9 Å². The zero-order valence-corrected chi connectivity index (χ0v) is 23.5. The van der Waals surface area contributed by atoms with Crippen LogP contribution in [0.2, 0.25) is 0 Å². The highest BCUT2D eigenvalue weighted by atomic mass is 31.2. The van der Waals surface area contributed by atoms with Gasteiger partial charge in [0.2, 0.25) is 0 Å². The van der Waals surface area contributed by atoms with Gasteiger partial charge in [-0.15, -0.1) is 0 Å². The van der Waals surface area contributed by atoms with E-state index in [4.69, 9.17) is 0 Å². The van der Waals surface area contributed by atoms with E-state index in [1.165, 1.54) is 31.8 Å². The van der Waals surface area contributed by atoms with Crippen LogP contribution < -0.4 is 36.9 Å². The SMILES string of the molecule is CC(C)(C)N[P+](c1ccccc1)(c1ccccc1)c1ccccc1P(c1ccccc1)c1ccccc1. The molecule has 0 aliphatic carbocycles. The molecule has 37 heavy (non-hydrogen) atoms. The molecule has 0 saturated heterocycles. The molecule has 0 unspecified atom stereocenters. The van der Waals surface area contributed by atoms with Gasteiger partial charge in [-0.05, 0) is 75.7 Å².